The lowest BCUT2D eigenvalue weighted by Crippen LogP contribution is -2.15. The predicted octanol–water partition coefficient (Wildman–Crippen LogP) is 7.10. The van der Waals surface area contributed by atoms with Crippen molar-refractivity contribution in [3.05, 3.63) is 66.4 Å². The van der Waals surface area contributed by atoms with Crippen molar-refractivity contribution in [3.8, 4) is 16.2 Å². The number of aromatic carboxylic acids is 1. The minimum atomic E-state index is -1.17. The third-order valence-corrected chi connectivity index (χ3v) is 6.56. The molecule has 0 fully saturated rings. The number of thiophene rings is 1. The number of rotatable bonds is 5. The third kappa shape index (κ3) is 4.39. The summed E-state index contributed by atoms with van der Waals surface area (Å²) in [7, 11) is 1.37. The summed E-state index contributed by atoms with van der Waals surface area (Å²) in [5, 5.41) is 13.9. The highest BCUT2D eigenvalue weighted by Crippen LogP contribution is 2.41. The first-order valence-electron chi connectivity index (χ1n) is 7.88. The van der Waals surface area contributed by atoms with Crippen molar-refractivity contribution < 1.29 is 19.4 Å². The molecule has 1 heterocycles. The van der Waals surface area contributed by atoms with Crippen LogP contribution in [0.4, 0.5) is 5.69 Å². The molecule has 0 unspecified atom stereocenters. The average Bonchev–Trinajstić information content (AvgIpc) is 3.09. The summed E-state index contributed by atoms with van der Waals surface area (Å²) in [4.78, 5) is 25.2. The molecule has 2 aromatic carbocycles. The Morgan fingerprint density at radius 3 is 2.52 bits per heavy atom. The molecule has 5 nitrogen and oxygen atoms in total. The maximum Gasteiger partial charge on any atom is 0.339 e. The largest absolute Gasteiger partial charge is 0.494 e. The Morgan fingerprint density at radius 2 is 1.90 bits per heavy atom. The van der Waals surface area contributed by atoms with Gasteiger partial charge in [-0.1, -0.05) is 62.9 Å². The smallest absolute Gasteiger partial charge is 0.339 e. The lowest BCUT2D eigenvalue weighted by molar-refractivity contribution is 0.0699. The molecule has 0 bridgehead atoms. The standard InChI is InChI=1S/C19H11BrCl3NO4S/c1-28-16-11(21)6-10(14(22)15(16)23)18(25)24-12-7-29-17(13(12)19(26)27)8-3-2-4-9(20)5-8/h2-7H,1H3,(H,24,25)(H,26,27). The first kappa shape index (κ1) is 21.9. The number of anilines is 1. The van der Waals surface area contributed by atoms with Gasteiger partial charge in [-0.15, -0.1) is 11.3 Å². The van der Waals surface area contributed by atoms with Gasteiger partial charge in [0, 0.05) is 9.85 Å². The average molecular weight is 536 g/mol. The van der Waals surface area contributed by atoms with Gasteiger partial charge in [-0.05, 0) is 23.8 Å². The lowest BCUT2D eigenvalue weighted by atomic mass is 10.1. The summed E-state index contributed by atoms with van der Waals surface area (Å²) in [6, 6.07) is 8.52. The van der Waals surface area contributed by atoms with Crippen LogP contribution in [0, 0.1) is 0 Å². The van der Waals surface area contributed by atoms with E-state index in [2.05, 4.69) is 21.2 Å². The van der Waals surface area contributed by atoms with Gasteiger partial charge in [-0.25, -0.2) is 4.79 Å². The molecule has 0 saturated heterocycles. The van der Waals surface area contributed by atoms with E-state index in [1.54, 1.807) is 23.6 Å². The van der Waals surface area contributed by atoms with E-state index in [-0.39, 0.29) is 37.6 Å². The zero-order valence-corrected chi connectivity index (χ0v) is 19.2. The van der Waals surface area contributed by atoms with Crippen molar-refractivity contribution in [1.82, 2.24) is 0 Å². The van der Waals surface area contributed by atoms with Gasteiger partial charge in [0.25, 0.3) is 5.91 Å². The van der Waals surface area contributed by atoms with E-state index in [0.717, 1.165) is 4.47 Å². The van der Waals surface area contributed by atoms with Crippen molar-refractivity contribution in [2.24, 2.45) is 0 Å². The Hall–Kier alpha value is -1.77. The molecule has 2 N–H and O–H groups in total. The molecule has 150 valence electrons. The van der Waals surface area contributed by atoms with Crippen molar-refractivity contribution in [1.29, 1.82) is 0 Å². The number of ether oxygens (including phenoxy) is 1. The summed E-state index contributed by atoms with van der Waals surface area (Å²) in [5.41, 5.74) is 0.815. The molecular weight excluding hydrogens is 525 g/mol. The Labute approximate surface area is 193 Å². The van der Waals surface area contributed by atoms with Gasteiger partial charge in [0.05, 0.1) is 33.3 Å². The number of amides is 1. The molecule has 1 aromatic heterocycles. The van der Waals surface area contributed by atoms with E-state index in [1.807, 2.05) is 6.07 Å². The van der Waals surface area contributed by atoms with Crippen molar-refractivity contribution in [2.45, 2.75) is 0 Å². The second kappa shape index (κ2) is 8.93. The van der Waals surface area contributed by atoms with Crippen molar-refractivity contribution >= 4 is 79.6 Å². The normalized spacial score (nSPS) is 10.7. The minimum absolute atomic E-state index is 0.00555. The number of carboxylic acid groups (broad SMARTS) is 1. The molecule has 1 amide bonds. The number of nitrogens with one attached hydrogen (secondary N) is 1. The van der Waals surface area contributed by atoms with Gasteiger partial charge in [0.1, 0.15) is 10.6 Å². The van der Waals surface area contributed by atoms with Gasteiger partial charge >= 0.3 is 5.97 Å². The van der Waals surface area contributed by atoms with Gasteiger partial charge in [0.2, 0.25) is 0 Å². The topological polar surface area (TPSA) is 75.6 Å². The molecule has 3 aromatic rings. The Kier molecular flexibility index (Phi) is 6.76. The number of hydrogen-bond donors (Lipinski definition) is 2. The monoisotopic (exact) mass is 533 g/mol. The number of carboxylic acids is 1. The summed E-state index contributed by atoms with van der Waals surface area (Å²) >= 11 is 23.0. The zero-order valence-electron chi connectivity index (χ0n) is 14.6. The first-order chi connectivity index (χ1) is 13.7. The predicted molar refractivity (Wildman–Crippen MR) is 120 cm³/mol. The Balaban J connectivity index is 2.01. The van der Waals surface area contributed by atoms with Crippen molar-refractivity contribution in [2.75, 3.05) is 12.4 Å². The van der Waals surface area contributed by atoms with Crippen LogP contribution in [0.1, 0.15) is 20.7 Å². The molecule has 0 aliphatic rings. The number of benzene rings is 2. The summed E-state index contributed by atoms with van der Waals surface area (Å²) in [6.45, 7) is 0. The van der Waals surface area contributed by atoms with Crippen molar-refractivity contribution in [3.63, 3.8) is 0 Å². The van der Waals surface area contributed by atoms with Gasteiger partial charge < -0.3 is 15.2 Å². The number of carbonyl (C=O) groups excluding carboxylic acids is 1. The third-order valence-electron chi connectivity index (χ3n) is 3.91. The maximum atomic E-state index is 12.8. The fraction of sp³-hybridized carbons (Fsp3) is 0.0526. The summed E-state index contributed by atoms with van der Waals surface area (Å²) in [5.74, 6) is -1.68. The number of hydrogen-bond acceptors (Lipinski definition) is 4. The van der Waals surface area contributed by atoms with Gasteiger partial charge in [0.15, 0.2) is 5.75 Å². The molecule has 0 spiro atoms. The zero-order chi connectivity index (χ0) is 21.3. The van der Waals surface area contributed by atoms with Crippen LogP contribution in [0.5, 0.6) is 5.75 Å². The van der Waals surface area contributed by atoms with Crippen LogP contribution in [0.3, 0.4) is 0 Å². The summed E-state index contributed by atoms with van der Waals surface area (Å²) < 4.78 is 5.87. The van der Waals surface area contributed by atoms with E-state index in [9.17, 15) is 14.7 Å². The fourth-order valence-electron chi connectivity index (χ4n) is 2.62. The molecule has 0 aliphatic carbocycles. The quantitative estimate of drug-likeness (QED) is 0.342. The SMILES string of the molecule is COc1c(Cl)cc(C(=O)Nc2csc(-c3cccc(Br)c3)c2C(=O)O)c(Cl)c1Cl. The molecule has 0 atom stereocenters. The molecule has 0 saturated carbocycles. The van der Waals surface area contributed by atoms with E-state index in [0.29, 0.717) is 10.4 Å². The Bertz CT molecular complexity index is 1130. The molecular formula is C19H11BrCl3NO4S. The minimum Gasteiger partial charge on any atom is -0.494 e. The Morgan fingerprint density at radius 1 is 1.17 bits per heavy atom. The number of methoxy groups -OCH3 is 1. The first-order valence-corrected chi connectivity index (χ1v) is 10.7. The van der Waals surface area contributed by atoms with Crippen LogP contribution < -0.4 is 10.1 Å². The van der Waals surface area contributed by atoms with E-state index in [4.69, 9.17) is 39.5 Å². The highest BCUT2D eigenvalue weighted by molar-refractivity contribution is 9.10. The second-order valence-corrected chi connectivity index (χ2v) is 8.65. The molecule has 0 radical (unpaired) electrons. The second-order valence-electron chi connectivity index (χ2n) is 5.69. The van der Waals surface area contributed by atoms with Crippen LogP contribution in [0.2, 0.25) is 15.1 Å². The van der Waals surface area contributed by atoms with E-state index in [1.165, 1.54) is 24.5 Å². The lowest BCUT2D eigenvalue weighted by Gasteiger charge is -2.12. The highest BCUT2D eigenvalue weighted by atomic mass is 79.9. The number of carbonyl (C=O) groups is 2. The van der Waals surface area contributed by atoms with E-state index >= 15 is 0 Å². The summed E-state index contributed by atoms with van der Waals surface area (Å²) in [6.07, 6.45) is 0. The fourth-order valence-corrected chi connectivity index (χ4v) is 4.85. The highest BCUT2D eigenvalue weighted by Gasteiger charge is 2.24. The van der Waals surface area contributed by atoms with Crippen LogP contribution in [-0.4, -0.2) is 24.1 Å². The van der Waals surface area contributed by atoms with Crippen LogP contribution in [-0.2, 0) is 0 Å². The number of halogens is 4. The van der Waals surface area contributed by atoms with Crippen LogP contribution >= 0.6 is 62.1 Å². The van der Waals surface area contributed by atoms with Gasteiger partial charge in [-0.3, -0.25) is 4.79 Å². The molecule has 10 heteroatoms. The molecule has 29 heavy (non-hydrogen) atoms. The van der Waals surface area contributed by atoms with Gasteiger partial charge in [-0.2, -0.15) is 0 Å². The van der Waals surface area contributed by atoms with Crippen LogP contribution in [0.25, 0.3) is 10.4 Å². The van der Waals surface area contributed by atoms with E-state index < -0.39 is 11.9 Å². The maximum absolute atomic E-state index is 12.8. The molecule has 0 aliphatic heterocycles. The van der Waals surface area contributed by atoms with Crippen LogP contribution in [0.15, 0.2) is 40.2 Å². The molecule has 3 rings (SSSR count).